The van der Waals surface area contributed by atoms with E-state index in [1.165, 1.54) is 24.1 Å². The van der Waals surface area contributed by atoms with E-state index in [4.69, 9.17) is 16.3 Å². The van der Waals surface area contributed by atoms with Crippen LogP contribution >= 0.6 is 11.6 Å². The Hall–Kier alpha value is -1.66. The molecule has 0 saturated carbocycles. The molecule has 1 aliphatic rings. The van der Waals surface area contributed by atoms with Crippen LogP contribution < -0.4 is 0 Å². The Kier molecular flexibility index (Phi) is 4.80. The number of benzene rings is 1. The number of likely N-dealkylation sites (tertiary alicyclic amines) is 1. The van der Waals surface area contributed by atoms with Crippen molar-refractivity contribution in [2.45, 2.75) is 12.5 Å². The number of carbonyl (C=O) groups is 2. The van der Waals surface area contributed by atoms with Gasteiger partial charge in [-0.1, -0.05) is 17.7 Å². The molecule has 1 N–H and O–H groups in total. The predicted octanol–water partition coefficient (Wildman–Crippen LogP) is 2.10. The van der Waals surface area contributed by atoms with E-state index in [9.17, 15) is 19.1 Å². The second-order valence-corrected chi connectivity index (χ2v) is 5.25. The van der Waals surface area contributed by atoms with E-state index in [1.54, 1.807) is 6.07 Å². The summed E-state index contributed by atoms with van der Waals surface area (Å²) in [5, 5.41) is 9.26. The molecule has 0 bridgehead atoms. The monoisotopic (exact) mass is 315 g/mol. The van der Waals surface area contributed by atoms with Crippen LogP contribution in [0.15, 0.2) is 18.2 Å². The third-order valence-electron chi connectivity index (χ3n) is 3.57. The summed E-state index contributed by atoms with van der Waals surface area (Å²) in [6.07, 6.45) is -0.103. The second kappa shape index (κ2) is 6.41. The Balaban J connectivity index is 2.38. The van der Waals surface area contributed by atoms with Crippen LogP contribution in [0.5, 0.6) is 0 Å². The predicted molar refractivity (Wildman–Crippen MR) is 73.5 cm³/mol. The smallest absolute Gasteiger partial charge is 0.309 e. The molecule has 0 aliphatic carbocycles. The topological polar surface area (TPSA) is 66.8 Å². The lowest BCUT2D eigenvalue weighted by Crippen LogP contribution is -2.33. The van der Waals surface area contributed by atoms with Gasteiger partial charge < -0.3 is 14.7 Å². The van der Waals surface area contributed by atoms with E-state index in [-0.39, 0.29) is 30.5 Å². The summed E-state index contributed by atoms with van der Waals surface area (Å²) in [7, 11) is 1.49. The highest BCUT2D eigenvalue weighted by Gasteiger charge is 2.44. The first-order valence-corrected chi connectivity index (χ1v) is 6.79. The first kappa shape index (κ1) is 15.7. The fraction of sp³-hybridized carbons (Fsp3) is 0.429. The minimum absolute atomic E-state index is 0.0432. The molecular formula is C14H15ClFNO4. The van der Waals surface area contributed by atoms with Crippen LogP contribution in [0.1, 0.15) is 18.0 Å². The number of nitrogens with zero attached hydrogens (tertiary/aromatic N) is 1. The number of carbonyl (C=O) groups excluding carboxylic acids is 1. The molecule has 2 rings (SSSR count). The zero-order valence-corrected chi connectivity index (χ0v) is 12.1. The molecule has 1 fully saturated rings. The number of hydrogen-bond donors (Lipinski definition) is 1. The summed E-state index contributed by atoms with van der Waals surface area (Å²) in [6, 6.07) is 3.38. The average molecular weight is 316 g/mol. The van der Waals surface area contributed by atoms with Crippen molar-refractivity contribution in [2.24, 2.45) is 5.92 Å². The van der Waals surface area contributed by atoms with Gasteiger partial charge in [0.25, 0.3) is 0 Å². The number of methoxy groups -OCH3 is 1. The first-order valence-electron chi connectivity index (χ1n) is 6.42. The van der Waals surface area contributed by atoms with Gasteiger partial charge in [-0.25, -0.2) is 4.39 Å². The van der Waals surface area contributed by atoms with Gasteiger partial charge in [0.15, 0.2) is 0 Å². The zero-order valence-electron chi connectivity index (χ0n) is 11.4. The van der Waals surface area contributed by atoms with Crippen LogP contribution in [0.2, 0.25) is 5.02 Å². The van der Waals surface area contributed by atoms with Crippen LogP contribution in [0, 0.1) is 11.7 Å². The van der Waals surface area contributed by atoms with Crippen molar-refractivity contribution in [3.05, 3.63) is 34.6 Å². The molecule has 1 heterocycles. The van der Waals surface area contributed by atoms with Crippen molar-refractivity contribution in [1.82, 2.24) is 4.90 Å². The van der Waals surface area contributed by atoms with Gasteiger partial charge in [0.1, 0.15) is 5.82 Å². The molecule has 1 aromatic rings. The summed E-state index contributed by atoms with van der Waals surface area (Å²) in [4.78, 5) is 24.8. The maximum Gasteiger partial charge on any atom is 0.309 e. The van der Waals surface area contributed by atoms with Crippen LogP contribution in [0.25, 0.3) is 0 Å². The minimum atomic E-state index is -1.08. The van der Waals surface area contributed by atoms with Gasteiger partial charge >= 0.3 is 5.97 Å². The molecule has 0 spiro atoms. The fourth-order valence-corrected chi connectivity index (χ4v) is 2.69. The Bertz CT molecular complexity index is 566. The fourth-order valence-electron chi connectivity index (χ4n) is 2.57. The summed E-state index contributed by atoms with van der Waals surface area (Å²) in [5.41, 5.74) is 0.422. The number of rotatable bonds is 5. The number of carboxylic acid groups (broad SMARTS) is 1. The minimum Gasteiger partial charge on any atom is -0.481 e. The largest absolute Gasteiger partial charge is 0.481 e. The third kappa shape index (κ3) is 3.16. The summed E-state index contributed by atoms with van der Waals surface area (Å²) >= 11 is 5.64. The maximum absolute atomic E-state index is 13.6. The van der Waals surface area contributed by atoms with Crippen molar-refractivity contribution in [1.29, 1.82) is 0 Å². The van der Waals surface area contributed by atoms with Gasteiger partial charge in [-0.2, -0.15) is 0 Å². The lowest BCUT2D eigenvalue weighted by Gasteiger charge is -2.27. The Morgan fingerprint density at radius 3 is 2.86 bits per heavy atom. The van der Waals surface area contributed by atoms with Gasteiger partial charge in [-0.15, -0.1) is 0 Å². The Morgan fingerprint density at radius 1 is 1.57 bits per heavy atom. The Morgan fingerprint density at radius 2 is 2.29 bits per heavy atom. The summed E-state index contributed by atoms with van der Waals surface area (Å²) in [6.45, 7) is 0.540. The van der Waals surface area contributed by atoms with Crippen molar-refractivity contribution in [3.63, 3.8) is 0 Å². The maximum atomic E-state index is 13.6. The number of amides is 1. The normalized spacial score (nSPS) is 21.9. The van der Waals surface area contributed by atoms with Crippen LogP contribution in [-0.4, -0.2) is 42.1 Å². The van der Waals surface area contributed by atoms with Crippen molar-refractivity contribution in [3.8, 4) is 0 Å². The average Bonchev–Trinajstić information content (AvgIpc) is 2.77. The van der Waals surface area contributed by atoms with Crippen LogP contribution in [-0.2, 0) is 14.3 Å². The van der Waals surface area contributed by atoms with Gasteiger partial charge in [-0.05, 0) is 17.7 Å². The Labute approximate surface area is 126 Å². The number of hydrogen-bond acceptors (Lipinski definition) is 3. The molecular weight excluding hydrogens is 301 g/mol. The van der Waals surface area contributed by atoms with E-state index in [0.717, 1.165) is 0 Å². The highest BCUT2D eigenvalue weighted by atomic mass is 35.5. The van der Waals surface area contributed by atoms with E-state index in [1.807, 2.05) is 0 Å². The lowest BCUT2D eigenvalue weighted by molar-refractivity contribution is -0.142. The molecule has 5 nitrogen and oxygen atoms in total. The molecule has 1 aromatic carbocycles. The van der Waals surface area contributed by atoms with E-state index >= 15 is 0 Å². The highest BCUT2D eigenvalue weighted by Crippen LogP contribution is 2.38. The van der Waals surface area contributed by atoms with Gasteiger partial charge in [0.2, 0.25) is 5.91 Å². The lowest BCUT2D eigenvalue weighted by atomic mass is 9.93. The molecule has 1 saturated heterocycles. The molecule has 21 heavy (non-hydrogen) atoms. The van der Waals surface area contributed by atoms with Crippen LogP contribution in [0.3, 0.4) is 0 Å². The molecule has 0 radical (unpaired) electrons. The number of carboxylic acids is 1. The van der Waals surface area contributed by atoms with Crippen molar-refractivity contribution < 1.29 is 23.8 Å². The molecule has 7 heteroatoms. The number of halogens is 2. The molecule has 0 unspecified atom stereocenters. The third-order valence-corrected chi connectivity index (χ3v) is 3.88. The zero-order chi connectivity index (χ0) is 15.6. The SMILES string of the molecule is COCCN1C(=O)C[C@H](C(=O)O)[C@@H]1c1ccc(Cl)c(F)c1. The van der Waals surface area contributed by atoms with E-state index < -0.39 is 23.7 Å². The molecule has 0 aromatic heterocycles. The van der Waals surface area contributed by atoms with Crippen molar-refractivity contribution in [2.75, 3.05) is 20.3 Å². The molecule has 2 atom stereocenters. The first-order chi connectivity index (χ1) is 9.95. The summed E-state index contributed by atoms with van der Waals surface area (Å²) < 4.78 is 18.6. The quantitative estimate of drug-likeness (QED) is 0.903. The molecule has 114 valence electrons. The number of ether oxygens (including phenoxy) is 1. The molecule has 1 aliphatic heterocycles. The summed E-state index contributed by atoms with van der Waals surface area (Å²) in [5.74, 6) is -2.90. The molecule has 1 amide bonds. The van der Waals surface area contributed by atoms with E-state index in [0.29, 0.717) is 5.56 Å². The second-order valence-electron chi connectivity index (χ2n) is 4.85. The van der Waals surface area contributed by atoms with E-state index in [2.05, 4.69) is 0 Å². The highest BCUT2D eigenvalue weighted by molar-refractivity contribution is 6.30. The van der Waals surface area contributed by atoms with Gasteiger partial charge in [-0.3, -0.25) is 9.59 Å². The van der Waals surface area contributed by atoms with Gasteiger partial charge in [0.05, 0.1) is 23.6 Å². The van der Waals surface area contributed by atoms with Crippen molar-refractivity contribution >= 4 is 23.5 Å². The van der Waals surface area contributed by atoms with Crippen LogP contribution in [0.4, 0.5) is 4.39 Å². The van der Waals surface area contributed by atoms with Gasteiger partial charge in [0, 0.05) is 20.1 Å². The standard InChI is InChI=1S/C14H15ClFNO4/c1-21-5-4-17-12(18)7-9(14(19)20)13(17)8-2-3-10(15)11(16)6-8/h2-3,6,9,13H,4-5,7H2,1H3,(H,19,20)/t9-,13-/m0/s1. The number of aliphatic carboxylic acids is 1.